The van der Waals surface area contributed by atoms with E-state index in [1.807, 2.05) is 6.20 Å². The van der Waals surface area contributed by atoms with E-state index in [2.05, 4.69) is 11.8 Å². The van der Waals surface area contributed by atoms with Crippen molar-refractivity contribution in [1.29, 1.82) is 0 Å². The van der Waals surface area contributed by atoms with Crippen molar-refractivity contribution in [2.45, 2.75) is 18.7 Å². The van der Waals surface area contributed by atoms with Crippen LogP contribution in [0.3, 0.4) is 0 Å². The molecule has 0 saturated heterocycles. The van der Waals surface area contributed by atoms with E-state index >= 15 is 0 Å². The SMILES string of the molecule is CCC1SC(N)=CN1c1ccc(F)cc1. The average molecular weight is 224 g/mol. The summed E-state index contributed by atoms with van der Waals surface area (Å²) < 4.78 is 12.8. The minimum Gasteiger partial charge on any atom is -0.392 e. The van der Waals surface area contributed by atoms with Gasteiger partial charge in [-0.05, 0) is 30.7 Å². The van der Waals surface area contributed by atoms with E-state index < -0.39 is 0 Å². The molecule has 1 atom stereocenters. The highest BCUT2D eigenvalue weighted by atomic mass is 32.2. The molecule has 0 amide bonds. The lowest BCUT2D eigenvalue weighted by Gasteiger charge is -2.23. The van der Waals surface area contributed by atoms with Crippen molar-refractivity contribution in [2.75, 3.05) is 4.90 Å². The van der Waals surface area contributed by atoms with Crippen molar-refractivity contribution in [3.05, 3.63) is 41.3 Å². The molecule has 80 valence electrons. The molecule has 0 fully saturated rings. The van der Waals surface area contributed by atoms with Gasteiger partial charge in [0.2, 0.25) is 0 Å². The van der Waals surface area contributed by atoms with Crippen LogP contribution in [0.25, 0.3) is 0 Å². The lowest BCUT2D eigenvalue weighted by atomic mass is 10.2. The lowest BCUT2D eigenvalue weighted by Crippen LogP contribution is -2.22. The number of thioether (sulfide) groups is 1. The fourth-order valence-electron chi connectivity index (χ4n) is 1.60. The van der Waals surface area contributed by atoms with Crippen LogP contribution < -0.4 is 10.6 Å². The van der Waals surface area contributed by atoms with Crippen molar-refractivity contribution in [1.82, 2.24) is 0 Å². The van der Waals surface area contributed by atoms with E-state index in [-0.39, 0.29) is 5.82 Å². The van der Waals surface area contributed by atoms with Gasteiger partial charge in [-0.2, -0.15) is 0 Å². The molecule has 1 heterocycles. The molecule has 1 unspecified atom stereocenters. The summed E-state index contributed by atoms with van der Waals surface area (Å²) in [6, 6.07) is 6.48. The highest BCUT2D eigenvalue weighted by Crippen LogP contribution is 2.35. The molecule has 0 aliphatic carbocycles. The Hall–Kier alpha value is -1.16. The average Bonchev–Trinajstić information content (AvgIpc) is 2.61. The molecule has 0 spiro atoms. The highest BCUT2D eigenvalue weighted by molar-refractivity contribution is 8.03. The molecule has 2 N–H and O–H groups in total. The predicted octanol–water partition coefficient (Wildman–Crippen LogP) is 2.87. The summed E-state index contributed by atoms with van der Waals surface area (Å²) in [6.45, 7) is 2.11. The molecule has 1 aromatic rings. The van der Waals surface area contributed by atoms with Crippen molar-refractivity contribution in [2.24, 2.45) is 5.73 Å². The van der Waals surface area contributed by atoms with Crippen LogP contribution >= 0.6 is 11.8 Å². The Labute approximate surface area is 92.9 Å². The first-order chi connectivity index (χ1) is 7.20. The van der Waals surface area contributed by atoms with Crippen LogP contribution in [0.1, 0.15) is 13.3 Å². The van der Waals surface area contributed by atoms with Crippen LogP contribution in [-0.2, 0) is 0 Å². The van der Waals surface area contributed by atoms with E-state index in [0.717, 1.165) is 17.1 Å². The number of anilines is 1. The summed E-state index contributed by atoms with van der Waals surface area (Å²) in [7, 11) is 0. The van der Waals surface area contributed by atoms with Crippen molar-refractivity contribution < 1.29 is 4.39 Å². The molecule has 0 saturated carbocycles. The number of halogens is 1. The molecule has 4 heteroatoms. The standard InChI is InChI=1S/C11H13FN2S/c1-2-11-14(7-10(13)15-11)9-5-3-8(12)4-6-9/h3-7,11H,2,13H2,1H3. The smallest absolute Gasteiger partial charge is 0.123 e. The number of nitrogens with zero attached hydrogens (tertiary/aromatic N) is 1. The quantitative estimate of drug-likeness (QED) is 0.837. The maximum atomic E-state index is 12.8. The zero-order chi connectivity index (χ0) is 10.8. The van der Waals surface area contributed by atoms with Crippen LogP contribution in [0.4, 0.5) is 10.1 Å². The molecule has 0 radical (unpaired) electrons. The third-order valence-electron chi connectivity index (χ3n) is 2.32. The summed E-state index contributed by atoms with van der Waals surface area (Å²) >= 11 is 1.64. The molecule has 2 nitrogen and oxygen atoms in total. The summed E-state index contributed by atoms with van der Waals surface area (Å²) in [6.07, 6.45) is 2.91. The van der Waals surface area contributed by atoms with Gasteiger partial charge in [-0.15, -0.1) is 0 Å². The largest absolute Gasteiger partial charge is 0.392 e. The minimum absolute atomic E-state index is 0.212. The van der Waals surface area contributed by atoms with Gasteiger partial charge < -0.3 is 10.6 Å². The fourth-order valence-corrected chi connectivity index (χ4v) is 2.55. The molecular formula is C11H13FN2S. The van der Waals surface area contributed by atoms with E-state index in [4.69, 9.17) is 5.73 Å². The van der Waals surface area contributed by atoms with Gasteiger partial charge in [-0.3, -0.25) is 0 Å². The Morgan fingerprint density at radius 3 is 2.67 bits per heavy atom. The highest BCUT2D eigenvalue weighted by Gasteiger charge is 2.23. The van der Waals surface area contributed by atoms with Gasteiger partial charge in [-0.25, -0.2) is 4.39 Å². The van der Waals surface area contributed by atoms with Gasteiger partial charge in [0.25, 0.3) is 0 Å². The molecule has 1 aliphatic heterocycles. The first-order valence-corrected chi connectivity index (χ1v) is 5.76. The summed E-state index contributed by atoms with van der Waals surface area (Å²) in [5.74, 6) is -0.212. The maximum absolute atomic E-state index is 12.8. The molecule has 15 heavy (non-hydrogen) atoms. The van der Waals surface area contributed by atoms with E-state index in [1.54, 1.807) is 23.9 Å². The van der Waals surface area contributed by atoms with Gasteiger partial charge in [0.15, 0.2) is 0 Å². The van der Waals surface area contributed by atoms with Gasteiger partial charge in [-0.1, -0.05) is 18.7 Å². The van der Waals surface area contributed by atoms with E-state index in [1.165, 1.54) is 12.1 Å². The second-order valence-electron chi connectivity index (χ2n) is 3.40. The first-order valence-electron chi connectivity index (χ1n) is 4.88. The normalized spacial score (nSPS) is 20.5. The Morgan fingerprint density at radius 2 is 2.07 bits per heavy atom. The summed E-state index contributed by atoms with van der Waals surface area (Å²) in [5, 5.41) is 1.14. The maximum Gasteiger partial charge on any atom is 0.123 e. The zero-order valence-corrected chi connectivity index (χ0v) is 9.30. The van der Waals surface area contributed by atoms with Crippen LogP contribution in [0.15, 0.2) is 35.5 Å². The predicted molar refractivity (Wildman–Crippen MR) is 62.8 cm³/mol. The second kappa shape index (κ2) is 4.14. The Kier molecular flexibility index (Phi) is 2.86. The van der Waals surface area contributed by atoms with Crippen LogP contribution in [-0.4, -0.2) is 5.37 Å². The number of hydrogen-bond acceptors (Lipinski definition) is 3. The monoisotopic (exact) mass is 224 g/mol. The van der Waals surface area contributed by atoms with Gasteiger partial charge in [0.05, 0.1) is 10.4 Å². The zero-order valence-electron chi connectivity index (χ0n) is 8.48. The van der Waals surface area contributed by atoms with E-state index in [0.29, 0.717) is 5.37 Å². The summed E-state index contributed by atoms with van der Waals surface area (Å²) in [4.78, 5) is 2.08. The van der Waals surface area contributed by atoms with Crippen molar-refractivity contribution in [3.8, 4) is 0 Å². The van der Waals surface area contributed by atoms with Gasteiger partial charge in [0.1, 0.15) is 5.82 Å². The third-order valence-corrected chi connectivity index (χ3v) is 3.53. The van der Waals surface area contributed by atoms with Crippen molar-refractivity contribution in [3.63, 3.8) is 0 Å². The first kappa shape index (κ1) is 10.4. The van der Waals surface area contributed by atoms with E-state index in [9.17, 15) is 4.39 Å². The third kappa shape index (κ3) is 2.09. The minimum atomic E-state index is -0.212. The van der Waals surface area contributed by atoms with Crippen LogP contribution in [0.2, 0.25) is 0 Å². The Bertz CT molecular complexity index is 375. The van der Waals surface area contributed by atoms with Gasteiger partial charge in [0, 0.05) is 11.9 Å². The molecule has 1 aromatic carbocycles. The molecular weight excluding hydrogens is 211 g/mol. The van der Waals surface area contributed by atoms with Gasteiger partial charge >= 0.3 is 0 Å². The molecule has 0 aromatic heterocycles. The summed E-state index contributed by atoms with van der Waals surface area (Å²) in [5.41, 5.74) is 6.75. The number of benzene rings is 1. The topological polar surface area (TPSA) is 29.3 Å². The lowest BCUT2D eigenvalue weighted by molar-refractivity contribution is 0.627. The fraction of sp³-hybridized carbons (Fsp3) is 0.273. The Morgan fingerprint density at radius 1 is 1.40 bits per heavy atom. The number of hydrogen-bond donors (Lipinski definition) is 1. The molecule has 0 bridgehead atoms. The molecule has 2 rings (SSSR count). The number of nitrogens with two attached hydrogens (primary N) is 1. The number of rotatable bonds is 2. The van der Waals surface area contributed by atoms with Crippen LogP contribution in [0, 0.1) is 5.82 Å². The van der Waals surface area contributed by atoms with Crippen LogP contribution in [0.5, 0.6) is 0 Å². The van der Waals surface area contributed by atoms with Crippen molar-refractivity contribution >= 4 is 17.4 Å². The Balaban J connectivity index is 2.26. The molecule has 1 aliphatic rings. The second-order valence-corrected chi connectivity index (χ2v) is 4.65.